The molecule has 1 amide bonds. The van der Waals surface area contributed by atoms with Crippen LogP contribution < -0.4 is 10.0 Å². The first-order chi connectivity index (χ1) is 13.3. The Kier molecular flexibility index (Phi) is 6.01. The average Bonchev–Trinajstić information content (AvgIpc) is 3.08. The van der Waals surface area contributed by atoms with E-state index in [-0.39, 0.29) is 11.6 Å². The van der Waals surface area contributed by atoms with E-state index in [0.29, 0.717) is 22.8 Å². The van der Waals surface area contributed by atoms with Gasteiger partial charge in [0.25, 0.3) is 5.91 Å². The lowest BCUT2D eigenvalue weighted by Gasteiger charge is -2.09. The van der Waals surface area contributed by atoms with Crippen LogP contribution in [0.1, 0.15) is 15.9 Å². The smallest absolute Gasteiger partial charge is 0.258 e. The van der Waals surface area contributed by atoms with Crippen molar-refractivity contribution in [2.45, 2.75) is 13.0 Å². The largest absolute Gasteiger partial charge is 0.322 e. The van der Waals surface area contributed by atoms with Crippen molar-refractivity contribution in [1.82, 2.24) is 9.78 Å². The molecule has 0 saturated carbocycles. The molecule has 0 spiro atoms. The normalized spacial score (nSPS) is 11.2. The van der Waals surface area contributed by atoms with Gasteiger partial charge in [-0.15, -0.1) is 0 Å². The van der Waals surface area contributed by atoms with Gasteiger partial charge in [-0.25, -0.2) is 8.42 Å². The highest BCUT2D eigenvalue weighted by molar-refractivity contribution is 7.92. The number of halogens is 1. The van der Waals surface area contributed by atoms with Gasteiger partial charge >= 0.3 is 0 Å². The number of aromatic nitrogens is 2. The quantitative estimate of drug-likeness (QED) is 0.615. The number of aryl methyl sites for hydroxylation is 2. The summed E-state index contributed by atoms with van der Waals surface area (Å²) in [4.78, 5) is 12.5. The van der Waals surface area contributed by atoms with E-state index in [9.17, 15) is 13.2 Å². The van der Waals surface area contributed by atoms with Gasteiger partial charge in [0.15, 0.2) is 0 Å². The van der Waals surface area contributed by atoms with Crippen LogP contribution in [-0.4, -0.2) is 30.4 Å². The minimum absolute atomic E-state index is 0.267. The van der Waals surface area contributed by atoms with Crippen molar-refractivity contribution in [3.05, 3.63) is 77.1 Å². The van der Waals surface area contributed by atoms with Gasteiger partial charge < -0.3 is 5.32 Å². The number of hydrogen-bond acceptors (Lipinski definition) is 4. The number of anilines is 2. The molecule has 0 radical (unpaired) electrons. The molecule has 146 valence electrons. The summed E-state index contributed by atoms with van der Waals surface area (Å²) in [5.41, 5.74) is 2.23. The highest BCUT2D eigenvalue weighted by atomic mass is 35.5. The Labute approximate surface area is 168 Å². The molecule has 0 saturated heterocycles. The second kappa shape index (κ2) is 8.45. The van der Waals surface area contributed by atoms with Crippen LogP contribution in [0.2, 0.25) is 5.02 Å². The second-order valence-electron chi connectivity index (χ2n) is 6.28. The lowest BCUT2D eigenvalue weighted by Crippen LogP contribution is -2.13. The molecule has 28 heavy (non-hydrogen) atoms. The van der Waals surface area contributed by atoms with E-state index in [2.05, 4.69) is 15.1 Å². The minimum Gasteiger partial charge on any atom is -0.322 e. The molecule has 0 bridgehead atoms. The van der Waals surface area contributed by atoms with Crippen molar-refractivity contribution in [2.75, 3.05) is 16.3 Å². The number of nitrogens with one attached hydrogen (secondary N) is 2. The lowest BCUT2D eigenvalue weighted by atomic mass is 10.1. The minimum atomic E-state index is -3.45. The summed E-state index contributed by atoms with van der Waals surface area (Å²) in [6.07, 6.45) is 4.99. The van der Waals surface area contributed by atoms with E-state index in [1.165, 1.54) is 30.0 Å². The molecule has 3 rings (SSSR count). The molecular weight excluding hydrogens is 400 g/mol. The highest BCUT2D eigenvalue weighted by Crippen LogP contribution is 2.23. The average molecular weight is 419 g/mol. The Bertz CT molecular complexity index is 1080. The van der Waals surface area contributed by atoms with Crippen LogP contribution in [0, 0.1) is 0 Å². The van der Waals surface area contributed by atoms with Gasteiger partial charge in [-0.05, 0) is 30.2 Å². The maximum absolute atomic E-state index is 12.5. The van der Waals surface area contributed by atoms with Crippen LogP contribution in [0.15, 0.2) is 60.9 Å². The van der Waals surface area contributed by atoms with Crippen LogP contribution >= 0.6 is 11.6 Å². The molecule has 0 atom stereocenters. The van der Waals surface area contributed by atoms with Crippen LogP contribution in [0.25, 0.3) is 0 Å². The number of nitrogens with zero attached hydrogens (tertiary/aromatic N) is 2. The summed E-state index contributed by atoms with van der Waals surface area (Å²) >= 11 is 6.01. The Morgan fingerprint density at radius 3 is 2.57 bits per heavy atom. The van der Waals surface area contributed by atoms with Gasteiger partial charge in [0.2, 0.25) is 10.0 Å². The molecule has 7 nitrogen and oxygen atoms in total. The summed E-state index contributed by atoms with van der Waals surface area (Å²) in [6.45, 7) is 0.650. The van der Waals surface area contributed by atoms with Gasteiger partial charge in [-0.1, -0.05) is 41.9 Å². The van der Waals surface area contributed by atoms with Crippen molar-refractivity contribution in [3.63, 3.8) is 0 Å². The summed E-state index contributed by atoms with van der Waals surface area (Å²) < 4.78 is 26.8. The Morgan fingerprint density at radius 2 is 1.86 bits per heavy atom. The lowest BCUT2D eigenvalue weighted by molar-refractivity contribution is 0.102. The van der Waals surface area contributed by atoms with Crippen LogP contribution in [0.3, 0.4) is 0 Å². The zero-order valence-corrected chi connectivity index (χ0v) is 16.7. The molecule has 0 unspecified atom stereocenters. The van der Waals surface area contributed by atoms with Gasteiger partial charge in [-0.2, -0.15) is 5.10 Å². The fraction of sp³-hybridized carbons (Fsp3) is 0.158. The zero-order valence-electron chi connectivity index (χ0n) is 15.1. The number of rotatable bonds is 7. The number of hydrogen-bond donors (Lipinski definition) is 2. The van der Waals surface area contributed by atoms with E-state index in [0.717, 1.165) is 12.7 Å². The third kappa shape index (κ3) is 5.83. The van der Waals surface area contributed by atoms with Crippen LogP contribution in [0.5, 0.6) is 0 Å². The second-order valence-corrected chi connectivity index (χ2v) is 8.47. The molecule has 2 N–H and O–H groups in total. The van der Waals surface area contributed by atoms with Gasteiger partial charge in [-0.3, -0.25) is 14.2 Å². The topological polar surface area (TPSA) is 93.1 Å². The fourth-order valence-electron chi connectivity index (χ4n) is 2.63. The molecule has 0 aliphatic rings. The van der Waals surface area contributed by atoms with E-state index in [1.54, 1.807) is 10.9 Å². The molecule has 0 aliphatic heterocycles. The van der Waals surface area contributed by atoms with E-state index in [1.807, 2.05) is 30.3 Å². The maximum atomic E-state index is 12.5. The van der Waals surface area contributed by atoms with Crippen molar-refractivity contribution in [2.24, 2.45) is 0 Å². The number of carbonyl (C=O) groups excluding carboxylic acids is 1. The highest BCUT2D eigenvalue weighted by Gasteiger charge is 2.11. The first-order valence-electron chi connectivity index (χ1n) is 8.45. The number of benzene rings is 2. The summed E-state index contributed by atoms with van der Waals surface area (Å²) in [6, 6.07) is 14.5. The van der Waals surface area contributed by atoms with Crippen molar-refractivity contribution < 1.29 is 13.2 Å². The molecule has 1 aromatic heterocycles. The standard InChI is InChI=1S/C19H19ClN4O3S/c1-28(26,27)23-18-10-16(20)9-17(11-18)22-19(25)15-12-21-24(13-15)8-7-14-5-3-2-4-6-14/h2-6,9-13,23H,7-8H2,1H3,(H,22,25). The molecule has 0 fully saturated rings. The monoisotopic (exact) mass is 418 g/mol. The molecule has 2 aromatic carbocycles. The Morgan fingerprint density at radius 1 is 1.14 bits per heavy atom. The molecule has 9 heteroatoms. The predicted octanol–water partition coefficient (Wildman–Crippen LogP) is 3.40. The predicted molar refractivity (Wildman–Crippen MR) is 110 cm³/mol. The van der Waals surface area contributed by atoms with Crippen molar-refractivity contribution in [1.29, 1.82) is 0 Å². The first-order valence-corrected chi connectivity index (χ1v) is 10.7. The van der Waals surface area contributed by atoms with Gasteiger partial charge in [0.05, 0.1) is 23.7 Å². The van der Waals surface area contributed by atoms with Crippen molar-refractivity contribution >= 4 is 38.9 Å². The van der Waals surface area contributed by atoms with Crippen LogP contribution in [0.4, 0.5) is 11.4 Å². The molecule has 1 heterocycles. The Balaban J connectivity index is 1.66. The number of amides is 1. The van der Waals surface area contributed by atoms with Crippen LogP contribution in [-0.2, 0) is 23.0 Å². The fourth-order valence-corrected chi connectivity index (χ4v) is 3.41. The van der Waals surface area contributed by atoms with E-state index < -0.39 is 10.0 Å². The zero-order chi connectivity index (χ0) is 20.1. The molecular formula is C19H19ClN4O3S. The van der Waals surface area contributed by atoms with Gasteiger partial charge in [0.1, 0.15) is 0 Å². The molecule has 3 aromatic rings. The summed E-state index contributed by atoms with van der Waals surface area (Å²) in [5, 5.41) is 7.21. The third-order valence-corrected chi connectivity index (χ3v) is 4.65. The molecule has 0 aliphatic carbocycles. The summed E-state index contributed by atoms with van der Waals surface area (Å²) in [7, 11) is -3.45. The summed E-state index contributed by atoms with van der Waals surface area (Å²) in [5.74, 6) is -0.362. The SMILES string of the molecule is CS(=O)(=O)Nc1cc(Cl)cc(NC(=O)c2cnn(CCc3ccccc3)c2)c1. The third-order valence-electron chi connectivity index (χ3n) is 3.83. The van der Waals surface area contributed by atoms with E-state index >= 15 is 0 Å². The maximum Gasteiger partial charge on any atom is 0.258 e. The van der Waals surface area contributed by atoms with E-state index in [4.69, 9.17) is 11.6 Å². The number of sulfonamides is 1. The van der Waals surface area contributed by atoms with Crippen molar-refractivity contribution in [3.8, 4) is 0 Å². The Hall–Kier alpha value is -2.84. The first kappa shape index (κ1) is 19.9. The number of carbonyl (C=O) groups is 1. The van der Waals surface area contributed by atoms with Gasteiger partial charge in [0, 0.05) is 23.5 Å².